The Labute approximate surface area is 119 Å². The van der Waals surface area contributed by atoms with Crippen LogP contribution in [0.4, 0.5) is 0 Å². The van der Waals surface area contributed by atoms with Crippen LogP contribution in [0.2, 0.25) is 38.3 Å². The van der Waals surface area contributed by atoms with Gasteiger partial charge in [-0.25, -0.2) is 0 Å². The van der Waals surface area contributed by atoms with E-state index in [1.807, 2.05) is 23.5 Å². The lowest BCUT2D eigenvalue weighted by molar-refractivity contribution is 0.534. The van der Waals surface area contributed by atoms with Crippen molar-refractivity contribution in [3.63, 3.8) is 0 Å². The van der Waals surface area contributed by atoms with Gasteiger partial charge in [0.05, 0.1) is 0 Å². The predicted octanol–water partition coefficient (Wildman–Crippen LogP) is 4.92. The zero-order chi connectivity index (χ0) is 13.4. The maximum atomic E-state index is 6.58. The fourth-order valence-corrected chi connectivity index (χ4v) is 12.4. The van der Waals surface area contributed by atoms with Gasteiger partial charge in [0.25, 0.3) is 0 Å². The minimum absolute atomic E-state index is 1.29. The Hall–Kier alpha value is 1.09. The molecule has 0 aliphatic heterocycles. The molecule has 1 nitrogen and oxygen atoms in total. The molecule has 17 heavy (non-hydrogen) atoms. The number of rotatable bonds is 10. The number of hydrogen-bond acceptors (Lipinski definition) is 3. The monoisotopic (exact) mass is 310 g/mol. The van der Waals surface area contributed by atoms with E-state index in [1.54, 1.807) is 0 Å². The summed E-state index contributed by atoms with van der Waals surface area (Å²) < 4.78 is 6.58. The SMILES string of the molecule is CSCCC[Si](C)(C)O[Si](C)(C)CCCSC. The molecule has 0 saturated heterocycles. The van der Waals surface area contributed by atoms with Gasteiger partial charge in [-0.3, -0.25) is 0 Å². The Bertz CT molecular complexity index is 179. The van der Waals surface area contributed by atoms with E-state index >= 15 is 0 Å². The van der Waals surface area contributed by atoms with Gasteiger partial charge in [0, 0.05) is 0 Å². The maximum absolute atomic E-state index is 6.58. The summed E-state index contributed by atoms with van der Waals surface area (Å²) >= 11 is 3.90. The molecule has 0 saturated carbocycles. The highest BCUT2D eigenvalue weighted by molar-refractivity contribution is 7.98. The molecule has 104 valence electrons. The summed E-state index contributed by atoms with van der Waals surface area (Å²) in [4.78, 5) is 0. The normalized spacial score (nSPS) is 13.1. The smallest absolute Gasteiger partial charge is 0.173 e. The summed E-state index contributed by atoms with van der Waals surface area (Å²) in [6.07, 6.45) is 7.04. The van der Waals surface area contributed by atoms with Crippen LogP contribution in [-0.4, -0.2) is 40.7 Å². The second kappa shape index (κ2) is 9.07. The molecule has 0 heterocycles. The van der Waals surface area contributed by atoms with E-state index in [4.69, 9.17) is 4.12 Å². The molecule has 0 aromatic rings. The van der Waals surface area contributed by atoms with Crippen molar-refractivity contribution in [2.24, 2.45) is 0 Å². The van der Waals surface area contributed by atoms with Gasteiger partial charge in [-0.05, 0) is 75.1 Å². The zero-order valence-corrected chi connectivity index (χ0v) is 16.1. The van der Waals surface area contributed by atoms with Crippen molar-refractivity contribution in [3.8, 4) is 0 Å². The van der Waals surface area contributed by atoms with Crippen molar-refractivity contribution in [2.45, 2.75) is 51.1 Å². The summed E-state index contributed by atoms with van der Waals surface area (Å²) in [7, 11) is -2.79. The fourth-order valence-electron chi connectivity index (χ4n) is 2.13. The van der Waals surface area contributed by atoms with Crippen molar-refractivity contribution >= 4 is 40.2 Å². The van der Waals surface area contributed by atoms with Crippen LogP contribution in [0.25, 0.3) is 0 Å². The first-order valence-corrected chi connectivity index (χ1v) is 15.5. The first-order chi connectivity index (χ1) is 7.83. The van der Waals surface area contributed by atoms with Crippen molar-refractivity contribution in [3.05, 3.63) is 0 Å². The third kappa shape index (κ3) is 10.7. The maximum Gasteiger partial charge on any atom is 0.173 e. The largest absolute Gasteiger partial charge is 0.455 e. The Morgan fingerprint density at radius 2 is 1.12 bits per heavy atom. The summed E-state index contributed by atoms with van der Waals surface area (Å²) in [5.74, 6) is 2.57. The van der Waals surface area contributed by atoms with Crippen LogP contribution < -0.4 is 0 Å². The summed E-state index contributed by atoms with van der Waals surface area (Å²) in [5, 5.41) is 0. The van der Waals surface area contributed by atoms with E-state index < -0.39 is 16.6 Å². The number of thioether (sulfide) groups is 2. The van der Waals surface area contributed by atoms with Crippen LogP contribution in [-0.2, 0) is 4.12 Å². The Morgan fingerprint density at radius 1 is 0.765 bits per heavy atom. The molecule has 0 N–H and O–H groups in total. The standard InChI is InChI=1S/C12H30OS2Si2/c1-14-9-7-11-16(3,4)13-17(5,6)12-8-10-15-2/h7-12H2,1-6H3. The van der Waals surface area contributed by atoms with E-state index in [0.29, 0.717) is 0 Å². The highest BCUT2D eigenvalue weighted by Crippen LogP contribution is 2.24. The van der Waals surface area contributed by atoms with E-state index in [2.05, 4.69) is 38.7 Å². The first kappa shape index (κ1) is 18.1. The molecule has 0 aromatic carbocycles. The molecule has 0 aliphatic carbocycles. The first-order valence-electron chi connectivity index (χ1n) is 6.51. The fraction of sp³-hybridized carbons (Fsp3) is 1.00. The van der Waals surface area contributed by atoms with Crippen molar-refractivity contribution in [2.75, 3.05) is 24.0 Å². The van der Waals surface area contributed by atoms with Gasteiger partial charge in [0.1, 0.15) is 0 Å². The second-order valence-electron chi connectivity index (χ2n) is 5.81. The molecule has 0 spiro atoms. The molecule has 0 bridgehead atoms. The molecular formula is C12H30OS2Si2. The van der Waals surface area contributed by atoms with Crippen LogP contribution in [0.15, 0.2) is 0 Å². The third-order valence-corrected chi connectivity index (χ3v) is 11.7. The van der Waals surface area contributed by atoms with Crippen LogP contribution in [0.1, 0.15) is 12.8 Å². The molecule has 0 radical (unpaired) electrons. The van der Waals surface area contributed by atoms with Gasteiger partial charge in [-0.2, -0.15) is 23.5 Å². The van der Waals surface area contributed by atoms with Crippen molar-refractivity contribution in [1.29, 1.82) is 0 Å². The highest BCUT2D eigenvalue weighted by atomic mass is 32.2. The average Bonchev–Trinajstić information content (AvgIpc) is 2.16. The minimum Gasteiger partial charge on any atom is -0.455 e. The second-order valence-corrected chi connectivity index (χ2v) is 16.6. The van der Waals surface area contributed by atoms with E-state index in [9.17, 15) is 0 Å². The van der Waals surface area contributed by atoms with Gasteiger partial charge >= 0.3 is 0 Å². The summed E-state index contributed by atoms with van der Waals surface area (Å²) in [6.45, 7) is 9.60. The Morgan fingerprint density at radius 3 is 1.41 bits per heavy atom. The van der Waals surface area contributed by atoms with E-state index in [-0.39, 0.29) is 0 Å². The molecule has 0 fully saturated rings. The van der Waals surface area contributed by atoms with Crippen LogP contribution >= 0.6 is 23.5 Å². The van der Waals surface area contributed by atoms with Gasteiger partial charge in [-0.1, -0.05) is 0 Å². The van der Waals surface area contributed by atoms with Crippen LogP contribution in [0.5, 0.6) is 0 Å². The Kier molecular flexibility index (Phi) is 9.65. The van der Waals surface area contributed by atoms with Gasteiger partial charge < -0.3 is 4.12 Å². The van der Waals surface area contributed by atoms with E-state index in [0.717, 1.165) is 0 Å². The molecule has 5 heteroatoms. The molecule has 0 rings (SSSR count). The molecule has 0 aliphatic rings. The average molecular weight is 311 g/mol. The topological polar surface area (TPSA) is 9.23 Å². The van der Waals surface area contributed by atoms with Gasteiger partial charge in [-0.15, -0.1) is 0 Å². The number of hydrogen-bond donors (Lipinski definition) is 0. The van der Waals surface area contributed by atoms with Crippen molar-refractivity contribution in [1.82, 2.24) is 0 Å². The Balaban J connectivity index is 3.99. The van der Waals surface area contributed by atoms with Gasteiger partial charge in [0.2, 0.25) is 0 Å². The molecule has 0 atom stereocenters. The molecule has 0 aromatic heterocycles. The zero-order valence-electron chi connectivity index (χ0n) is 12.5. The van der Waals surface area contributed by atoms with E-state index in [1.165, 1.54) is 36.4 Å². The third-order valence-electron chi connectivity index (χ3n) is 2.81. The predicted molar refractivity (Wildman–Crippen MR) is 91.7 cm³/mol. The van der Waals surface area contributed by atoms with Crippen LogP contribution in [0, 0.1) is 0 Å². The molecule has 0 unspecified atom stereocenters. The summed E-state index contributed by atoms with van der Waals surface area (Å²) in [6, 6.07) is 2.65. The lowest BCUT2D eigenvalue weighted by atomic mass is 10.6. The van der Waals surface area contributed by atoms with Gasteiger partial charge in [0.15, 0.2) is 16.6 Å². The van der Waals surface area contributed by atoms with Crippen molar-refractivity contribution < 1.29 is 4.12 Å². The molecule has 0 amide bonds. The lowest BCUT2D eigenvalue weighted by Gasteiger charge is -2.34. The quantitative estimate of drug-likeness (QED) is 0.419. The molecular weight excluding hydrogens is 280 g/mol. The van der Waals surface area contributed by atoms with Crippen LogP contribution in [0.3, 0.4) is 0 Å². The highest BCUT2D eigenvalue weighted by Gasteiger charge is 2.31. The minimum atomic E-state index is -1.39. The lowest BCUT2D eigenvalue weighted by Crippen LogP contribution is -2.44. The summed E-state index contributed by atoms with van der Waals surface area (Å²) in [5.41, 5.74) is 0.